The van der Waals surface area contributed by atoms with Gasteiger partial charge in [0.05, 0.1) is 19.1 Å². The van der Waals surface area contributed by atoms with Crippen molar-refractivity contribution in [3.05, 3.63) is 35.6 Å². The summed E-state index contributed by atoms with van der Waals surface area (Å²) in [4.78, 5) is 28.7. The van der Waals surface area contributed by atoms with Crippen molar-refractivity contribution in [3.8, 4) is 0 Å². The molecule has 2 fully saturated rings. The van der Waals surface area contributed by atoms with Crippen LogP contribution in [0.5, 0.6) is 0 Å². The van der Waals surface area contributed by atoms with Gasteiger partial charge in [-0.05, 0) is 36.5 Å². The van der Waals surface area contributed by atoms with E-state index in [0.29, 0.717) is 19.1 Å². The molecular weight excluding hydrogens is 359 g/mol. The normalized spacial score (nSPS) is 19.4. The van der Waals surface area contributed by atoms with E-state index in [9.17, 15) is 14.0 Å². The number of halogens is 1. The summed E-state index contributed by atoms with van der Waals surface area (Å²) in [6.07, 6.45) is 2.20. The molecule has 2 aliphatic rings. The zero-order valence-electron chi connectivity index (χ0n) is 16.8. The molecule has 1 unspecified atom stereocenters. The van der Waals surface area contributed by atoms with E-state index in [1.165, 1.54) is 12.1 Å². The summed E-state index contributed by atoms with van der Waals surface area (Å²) >= 11 is 0. The molecule has 0 aromatic heterocycles. The van der Waals surface area contributed by atoms with Gasteiger partial charge in [-0.15, -0.1) is 0 Å². The lowest BCUT2D eigenvalue weighted by molar-refractivity contribution is -0.125. The summed E-state index contributed by atoms with van der Waals surface area (Å²) in [5.74, 6) is 0.00761. The third kappa shape index (κ3) is 6.27. The molecule has 1 saturated carbocycles. The summed E-state index contributed by atoms with van der Waals surface area (Å²) in [6, 6.07) is 6.57. The molecule has 0 spiro atoms. The number of benzene rings is 1. The standard InChI is InChI=1S/C21H31FN4O2/c1-15(2)21(16-3-5-17(22)6-4-16)24-20(28)14-26-11-9-25(10-12-26)13-19(27)23-18-7-8-18/h3-6,15,18,21H,7-14H2,1-2H3,(H,23,27)(H,24,28). The van der Waals surface area contributed by atoms with Crippen molar-refractivity contribution < 1.29 is 14.0 Å². The number of carbonyl (C=O) groups excluding carboxylic acids is 2. The molecular formula is C21H31FN4O2. The van der Waals surface area contributed by atoms with Gasteiger partial charge in [-0.3, -0.25) is 19.4 Å². The molecule has 2 N–H and O–H groups in total. The number of hydrogen-bond donors (Lipinski definition) is 2. The summed E-state index contributed by atoms with van der Waals surface area (Å²) in [5.41, 5.74) is 0.913. The van der Waals surface area contributed by atoms with Crippen LogP contribution in [0.3, 0.4) is 0 Å². The first kappa shape index (κ1) is 20.7. The van der Waals surface area contributed by atoms with Gasteiger partial charge >= 0.3 is 0 Å². The molecule has 154 valence electrons. The molecule has 7 heteroatoms. The first-order valence-corrected chi connectivity index (χ1v) is 10.2. The van der Waals surface area contributed by atoms with Gasteiger partial charge in [0, 0.05) is 32.2 Å². The molecule has 1 aliphatic carbocycles. The van der Waals surface area contributed by atoms with Crippen LogP contribution in [0.2, 0.25) is 0 Å². The van der Waals surface area contributed by atoms with E-state index in [1.807, 2.05) is 13.8 Å². The molecule has 2 amide bonds. The number of rotatable bonds is 8. The predicted molar refractivity (Wildman–Crippen MR) is 106 cm³/mol. The highest BCUT2D eigenvalue weighted by atomic mass is 19.1. The minimum Gasteiger partial charge on any atom is -0.352 e. The topological polar surface area (TPSA) is 64.7 Å². The molecule has 1 aromatic rings. The number of nitrogens with zero attached hydrogens (tertiary/aromatic N) is 2. The zero-order chi connectivity index (χ0) is 20.1. The van der Waals surface area contributed by atoms with Gasteiger partial charge in [-0.1, -0.05) is 26.0 Å². The maximum Gasteiger partial charge on any atom is 0.234 e. The van der Waals surface area contributed by atoms with Crippen molar-refractivity contribution in [2.75, 3.05) is 39.3 Å². The molecule has 6 nitrogen and oxygen atoms in total. The van der Waals surface area contributed by atoms with Crippen molar-refractivity contribution in [3.63, 3.8) is 0 Å². The van der Waals surface area contributed by atoms with E-state index in [2.05, 4.69) is 20.4 Å². The van der Waals surface area contributed by atoms with Crippen molar-refractivity contribution in [1.82, 2.24) is 20.4 Å². The molecule has 1 atom stereocenters. The molecule has 1 aliphatic heterocycles. The van der Waals surface area contributed by atoms with E-state index in [4.69, 9.17) is 0 Å². The van der Waals surface area contributed by atoms with Gasteiger partial charge in [0.15, 0.2) is 0 Å². The summed E-state index contributed by atoms with van der Waals surface area (Å²) in [7, 11) is 0. The summed E-state index contributed by atoms with van der Waals surface area (Å²) < 4.78 is 13.2. The Morgan fingerprint density at radius 2 is 1.54 bits per heavy atom. The fourth-order valence-electron chi connectivity index (χ4n) is 3.54. The SMILES string of the molecule is CC(C)C(NC(=O)CN1CCN(CC(=O)NC2CC2)CC1)c1ccc(F)cc1. The van der Waals surface area contributed by atoms with Gasteiger partial charge in [-0.2, -0.15) is 0 Å². The lowest BCUT2D eigenvalue weighted by Crippen LogP contribution is -2.52. The van der Waals surface area contributed by atoms with Crippen LogP contribution in [-0.4, -0.2) is 66.9 Å². The molecule has 0 radical (unpaired) electrons. The maximum atomic E-state index is 13.2. The van der Waals surface area contributed by atoms with Gasteiger partial charge in [0.1, 0.15) is 5.82 Å². The largest absolute Gasteiger partial charge is 0.352 e. The molecule has 1 heterocycles. The van der Waals surface area contributed by atoms with E-state index >= 15 is 0 Å². The van der Waals surface area contributed by atoms with E-state index in [1.54, 1.807) is 12.1 Å². The van der Waals surface area contributed by atoms with Gasteiger partial charge in [-0.25, -0.2) is 4.39 Å². The van der Waals surface area contributed by atoms with Crippen LogP contribution in [0.1, 0.15) is 38.3 Å². The number of hydrogen-bond acceptors (Lipinski definition) is 4. The van der Waals surface area contributed by atoms with Crippen molar-refractivity contribution >= 4 is 11.8 Å². The fraction of sp³-hybridized carbons (Fsp3) is 0.619. The predicted octanol–water partition coefficient (Wildman–Crippen LogP) is 1.54. The highest BCUT2D eigenvalue weighted by molar-refractivity contribution is 5.79. The smallest absolute Gasteiger partial charge is 0.234 e. The highest BCUT2D eigenvalue weighted by Gasteiger charge is 2.26. The number of carbonyl (C=O) groups is 2. The van der Waals surface area contributed by atoms with Crippen molar-refractivity contribution in [1.29, 1.82) is 0 Å². The minimum absolute atomic E-state index is 0.0250. The van der Waals surface area contributed by atoms with E-state index in [0.717, 1.165) is 44.6 Å². The van der Waals surface area contributed by atoms with Crippen LogP contribution in [-0.2, 0) is 9.59 Å². The lowest BCUT2D eigenvalue weighted by Gasteiger charge is -2.34. The van der Waals surface area contributed by atoms with Crippen LogP contribution >= 0.6 is 0 Å². The Kier molecular flexibility index (Phi) is 7.02. The van der Waals surface area contributed by atoms with E-state index < -0.39 is 0 Å². The Bertz CT molecular complexity index is 667. The van der Waals surface area contributed by atoms with Crippen LogP contribution in [0.15, 0.2) is 24.3 Å². The quantitative estimate of drug-likeness (QED) is 0.707. The number of amides is 2. The third-order valence-electron chi connectivity index (χ3n) is 5.35. The maximum absolute atomic E-state index is 13.2. The first-order chi connectivity index (χ1) is 13.4. The molecule has 1 saturated heterocycles. The van der Waals surface area contributed by atoms with Gasteiger partial charge in [0.25, 0.3) is 0 Å². The van der Waals surface area contributed by atoms with Gasteiger partial charge < -0.3 is 10.6 Å². The molecule has 28 heavy (non-hydrogen) atoms. The Labute approximate surface area is 166 Å². The van der Waals surface area contributed by atoms with E-state index in [-0.39, 0.29) is 29.6 Å². The summed E-state index contributed by atoms with van der Waals surface area (Å²) in [5, 5.41) is 6.10. The molecule has 3 rings (SSSR count). The van der Waals surface area contributed by atoms with Crippen LogP contribution < -0.4 is 10.6 Å². The zero-order valence-corrected chi connectivity index (χ0v) is 16.8. The molecule has 0 bridgehead atoms. The highest BCUT2D eigenvalue weighted by Crippen LogP contribution is 2.22. The number of nitrogens with one attached hydrogen (secondary N) is 2. The lowest BCUT2D eigenvalue weighted by atomic mass is 9.96. The van der Waals surface area contributed by atoms with Crippen LogP contribution in [0.4, 0.5) is 4.39 Å². The monoisotopic (exact) mass is 390 g/mol. The van der Waals surface area contributed by atoms with Crippen LogP contribution in [0.25, 0.3) is 0 Å². The van der Waals surface area contributed by atoms with Crippen molar-refractivity contribution in [2.45, 2.75) is 38.8 Å². The second-order valence-electron chi connectivity index (χ2n) is 8.23. The Balaban J connectivity index is 1.42. The number of piperazine rings is 1. The Morgan fingerprint density at radius 3 is 2.04 bits per heavy atom. The minimum atomic E-state index is -0.277. The van der Waals surface area contributed by atoms with Crippen molar-refractivity contribution in [2.24, 2.45) is 5.92 Å². The second-order valence-corrected chi connectivity index (χ2v) is 8.23. The Morgan fingerprint density at radius 1 is 1.00 bits per heavy atom. The first-order valence-electron chi connectivity index (χ1n) is 10.2. The summed E-state index contributed by atoms with van der Waals surface area (Å²) in [6.45, 7) is 7.98. The molecule has 1 aromatic carbocycles. The Hall–Kier alpha value is -1.99. The van der Waals surface area contributed by atoms with Crippen LogP contribution in [0, 0.1) is 11.7 Å². The third-order valence-corrected chi connectivity index (χ3v) is 5.35. The second kappa shape index (κ2) is 9.47. The van der Waals surface area contributed by atoms with Gasteiger partial charge in [0.2, 0.25) is 11.8 Å². The average molecular weight is 391 g/mol. The fourth-order valence-corrected chi connectivity index (χ4v) is 3.54. The average Bonchev–Trinajstić information content (AvgIpc) is 3.46.